The predicted octanol–water partition coefficient (Wildman–Crippen LogP) is 6.58. The molecule has 142 valence electrons. The fourth-order valence-electron chi connectivity index (χ4n) is 3.20. The summed E-state index contributed by atoms with van der Waals surface area (Å²) in [5.74, 6) is 1.77. The zero-order valence-electron chi connectivity index (χ0n) is 15.2. The summed E-state index contributed by atoms with van der Waals surface area (Å²) in [7, 11) is 0. The molecule has 0 aliphatic carbocycles. The zero-order chi connectivity index (χ0) is 19.8. The third-order valence-electron chi connectivity index (χ3n) is 4.57. The number of phenols is 2. The Hall–Kier alpha value is -4.12. The Labute approximate surface area is 166 Å². The number of phenolic OH excluding ortho intramolecular Hbond substituents is 2. The lowest BCUT2D eigenvalue weighted by molar-refractivity contribution is 0.411. The molecule has 0 radical (unpaired) electrons. The third kappa shape index (κ3) is 3.19. The lowest BCUT2D eigenvalue weighted by atomic mass is 10.1. The number of furan rings is 1. The Morgan fingerprint density at radius 2 is 0.966 bits per heavy atom. The maximum atomic E-state index is 10.3. The summed E-state index contributed by atoms with van der Waals surface area (Å²) in [6.45, 7) is 0. The van der Waals surface area contributed by atoms with Crippen LogP contribution in [0.4, 0.5) is 0 Å². The van der Waals surface area contributed by atoms with Gasteiger partial charge in [0, 0.05) is 22.9 Å². The standard InChI is InChI=1S/C24H16O5/c25-19-13-21-17(11-23(19)27-15-7-3-1-4-8-15)18-12-24(20(26)14-22(18)29-21)28-16-9-5-2-6-10-16/h1-14,25-26H. The quantitative estimate of drug-likeness (QED) is 0.366. The zero-order valence-corrected chi connectivity index (χ0v) is 15.2. The summed E-state index contributed by atoms with van der Waals surface area (Å²) in [5.41, 5.74) is 0.961. The molecule has 0 aliphatic heterocycles. The highest BCUT2D eigenvalue weighted by molar-refractivity contribution is 6.07. The number of hydrogen-bond acceptors (Lipinski definition) is 5. The van der Waals surface area contributed by atoms with E-state index < -0.39 is 0 Å². The molecule has 0 unspecified atom stereocenters. The minimum Gasteiger partial charge on any atom is -0.504 e. The van der Waals surface area contributed by atoms with Gasteiger partial charge in [-0.15, -0.1) is 0 Å². The lowest BCUT2D eigenvalue weighted by Gasteiger charge is -2.08. The smallest absolute Gasteiger partial charge is 0.169 e. The molecular formula is C24H16O5. The molecule has 0 saturated carbocycles. The molecule has 0 amide bonds. The van der Waals surface area contributed by atoms with Gasteiger partial charge in [0.2, 0.25) is 0 Å². The molecule has 0 bridgehead atoms. The average molecular weight is 384 g/mol. The predicted molar refractivity (Wildman–Crippen MR) is 110 cm³/mol. The van der Waals surface area contributed by atoms with Crippen molar-refractivity contribution in [3.8, 4) is 34.5 Å². The second kappa shape index (κ2) is 6.80. The van der Waals surface area contributed by atoms with Crippen LogP contribution >= 0.6 is 0 Å². The van der Waals surface area contributed by atoms with Crippen molar-refractivity contribution in [2.24, 2.45) is 0 Å². The molecule has 5 heteroatoms. The van der Waals surface area contributed by atoms with Crippen LogP contribution in [-0.2, 0) is 0 Å². The Kier molecular flexibility index (Phi) is 3.99. The van der Waals surface area contributed by atoms with Crippen molar-refractivity contribution >= 4 is 21.9 Å². The molecule has 5 aromatic rings. The van der Waals surface area contributed by atoms with E-state index in [2.05, 4.69) is 0 Å². The van der Waals surface area contributed by atoms with Crippen molar-refractivity contribution in [3.63, 3.8) is 0 Å². The fraction of sp³-hybridized carbons (Fsp3) is 0. The van der Waals surface area contributed by atoms with Gasteiger partial charge in [0.15, 0.2) is 23.0 Å². The van der Waals surface area contributed by atoms with Crippen molar-refractivity contribution in [1.82, 2.24) is 0 Å². The number of aromatic hydroxyl groups is 2. The Morgan fingerprint density at radius 1 is 0.552 bits per heavy atom. The number of ether oxygens (including phenoxy) is 2. The van der Waals surface area contributed by atoms with Gasteiger partial charge in [-0.3, -0.25) is 0 Å². The van der Waals surface area contributed by atoms with Crippen molar-refractivity contribution in [1.29, 1.82) is 0 Å². The Bertz CT molecular complexity index is 1210. The number of para-hydroxylation sites is 2. The van der Waals surface area contributed by atoms with Gasteiger partial charge >= 0.3 is 0 Å². The van der Waals surface area contributed by atoms with Gasteiger partial charge in [0.1, 0.15) is 22.7 Å². The molecule has 0 atom stereocenters. The molecule has 5 rings (SSSR count). The van der Waals surface area contributed by atoms with Crippen molar-refractivity contribution in [2.45, 2.75) is 0 Å². The highest BCUT2D eigenvalue weighted by atomic mass is 16.5. The second-order valence-corrected chi connectivity index (χ2v) is 6.56. The van der Waals surface area contributed by atoms with E-state index in [0.717, 1.165) is 10.8 Å². The van der Waals surface area contributed by atoms with Crippen LogP contribution in [0.1, 0.15) is 0 Å². The molecule has 0 aliphatic rings. The molecule has 1 heterocycles. The van der Waals surface area contributed by atoms with Crippen molar-refractivity contribution < 1.29 is 24.1 Å². The van der Waals surface area contributed by atoms with E-state index in [0.29, 0.717) is 34.2 Å². The van der Waals surface area contributed by atoms with Gasteiger partial charge in [-0.1, -0.05) is 36.4 Å². The first-order chi connectivity index (χ1) is 14.2. The Balaban J connectivity index is 1.61. The molecular weight excluding hydrogens is 368 g/mol. The average Bonchev–Trinajstić information content (AvgIpc) is 3.06. The topological polar surface area (TPSA) is 72.1 Å². The molecule has 2 N–H and O–H groups in total. The monoisotopic (exact) mass is 384 g/mol. The third-order valence-corrected chi connectivity index (χ3v) is 4.57. The van der Waals surface area contributed by atoms with Gasteiger partial charge in [-0.25, -0.2) is 0 Å². The van der Waals surface area contributed by atoms with Gasteiger partial charge in [-0.2, -0.15) is 0 Å². The summed E-state index contributed by atoms with van der Waals surface area (Å²) in [6.07, 6.45) is 0. The summed E-state index contributed by atoms with van der Waals surface area (Å²) < 4.78 is 17.4. The molecule has 29 heavy (non-hydrogen) atoms. The largest absolute Gasteiger partial charge is 0.504 e. The van der Waals surface area contributed by atoms with E-state index >= 15 is 0 Å². The minimum absolute atomic E-state index is 0.0367. The first-order valence-corrected chi connectivity index (χ1v) is 9.05. The van der Waals surface area contributed by atoms with Gasteiger partial charge < -0.3 is 24.1 Å². The van der Waals surface area contributed by atoms with Crippen LogP contribution in [0.3, 0.4) is 0 Å². The summed E-state index contributed by atoms with van der Waals surface area (Å²) >= 11 is 0. The molecule has 0 saturated heterocycles. The van der Waals surface area contributed by atoms with Crippen LogP contribution < -0.4 is 9.47 Å². The van der Waals surface area contributed by atoms with Crippen LogP contribution in [0.25, 0.3) is 21.9 Å². The van der Waals surface area contributed by atoms with E-state index in [1.807, 2.05) is 36.4 Å². The van der Waals surface area contributed by atoms with Crippen molar-refractivity contribution in [3.05, 3.63) is 84.9 Å². The number of fused-ring (bicyclic) bond motifs is 3. The van der Waals surface area contributed by atoms with Crippen LogP contribution in [0.15, 0.2) is 89.3 Å². The van der Waals surface area contributed by atoms with Gasteiger partial charge in [0.05, 0.1) is 0 Å². The SMILES string of the molecule is Oc1cc2oc3cc(O)c(Oc4ccccc4)cc3c2cc1Oc1ccccc1. The molecule has 0 fully saturated rings. The van der Waals surface area contributed by atoms with Crippen LogP contribution in [0, 0.1) is 0 Å². The lowest BCUT2D eigenvalue weighted by Crippen LogP contribution is -1.85. The summed E-state index contributed by atoms with van der Waals surface area (Å²) in [4.78, 5) is 0. The molecule has 5 nitrogen and oxygen atoms in total. The van der Waals surface area contributed by atoms with Crippen molar-refractivity contribution in [2.75, 3.05) is 0 Å². The Morgan fingerprint density at radius 3 is 1.38 bits per heavy atom. The molecule has 4 aromatic carbocycles. The second-order valence-electron chi connectivity index (χ2n) is 6.56. The van der Waals surface area contributed by atoms with E-state index in [1.54, 1.807) is 36.4 Å². The van der Waals surface area contributed by atoms with Crippen LogP contribution in [0.2, 0.25) is 0 Å². The van der Waals surface area contributed by atoms with Gasteiger partial charge in [0.25, 0.3) is 0 Å². The summed E-state index contributed by atoms with van der Waals surface area (Å²) in [6, 6.07) is 24.9. The molecule has 0 spiro atoms. The molecule has 1 aromatic heterocycles. The first-order valence-electron chi connectivity index (χ1n) is 9.05. The van der Waals surface area contributed by atoms with E-state index in [1.165, 1.54) is 12.1 Å². The van der Waals surface area contributed by atoms with E-state index in [-0.39, 0.29) is 11.5 Å². The fourth-order valence-corrected chi connectivity index (χ4v) is 3.20. The van der Waals surface area contributed by atoms with E-state index in [4.69, 9.17) is 13.9 Å². The normalized spacial score (nSPS) is 11.0. The highest BCUT2D eigenvalue weighted by Crippen LogP contribution is 2.42. The summed E-state index contributed by atoms with van der Waals surface area (Å²) in [5, 5.41) is 22.2. The number of hydrogen-bond donors (Lipinski definition) is 2. The van der Waals surface area contributed by atoms with Crippen LogP contribution in [0.5, 0.6) is 34.5 Å². The highest BCUT2D eigenvalue weighted by Gasteiger charge is 2.16. The van der Waals surface area contributed by atoms with Crippen LogP contribution in [-0.4, -0.2) is 10.2 Å². The maximum absolute atomic E-state index is 10.3. The minimum atomic E-state index is -0.0367. The first kappa shape index (κ1) is 17.0. The number of benzene rings is 4. The number of rotatable bonds is 4. The van der Waals surface area contributed by atoms with Gasteiger partial charge in [-0.05, 0) is 36.4 Å². The van der Waals surface area contributed by atoms with E-state index in [9.17, 15) is 10.2 Å². The maximum Gasteiger partial charge on any atom is 0.169 e.